The Morgan fingerprint density at radius 1 is 1.31 bits per heavy atom. The van der Waals surface area contributed by atoms with Gasteiger partial charge in [-0.2, -0.15) is 11.8 Å². The molecule has 0 bridgehead atoms. The predicted molar refractivity (Wildman–Crippen MR) is 59.4 cm³/mol. The van der Waals surface area contributed by atoms with E-state index in [4.69, 9.17) is 0 Å². The van der Waals surface area contributed by atoms with Crippen molar-refractivity contribution in [2.45, 2.75) is 25.5 Å². The van der Waals surface area contributed by atoms with Crippen molar-refractivity contribution >= 4 is 11.8 Å². The molecule has 0 aliphatic rings. The van der Waals surface area contributed by atoms with Crippen LogP contribution in [0, 0.1) is 6.92 Å². The van der Waals surface area contributed by atoms with Crippen LogP contribution in [0.4, 0.5) is 0 Å². The van der Waals surface area contributed by atoms with Crippen molar-refractivity contribution in [3.05, 3.63) is 29.3 Å². The van der Waals surface area contributed by atoms with Gasteiger partial charge in [0.1, 0.15) is 5.75 Å². The van der Waals surface area contributed by atoms with Crippen molar-refractivity contribution in [2.75, 3.05) is 6.26 Å². The molecular formula is C11H16OS. The molecular weight excluding hydrogens is 180 g/mol. The van der Waals surface area contributed by atoms with Crippen LogP contribution in [0.2, 0.25) is 0 Å². The van der Waals surface area contributed by atoms with Gasteiger partial charge < -0.3 is 5.11 Å². The molecule has 0 unspecified atom stereocenters. The Kier molecular flexibility index (Phi) is 2.91. The van der Waals surface area contributed by atoms with Crippen molar-refractivity contribution < 1.29 is 5.11 Å². The number of phenolic OH excluding ortho intramolecular Hbond substituents is 1. The highest BCUT2D eigenvalue weighted by atomic mass is 32.2. The molecule has 0 fully saturated rings. The van der Waals surface area contributed by atoms with E-state index in [2.05, 4.69) is 20.1 Å². The average molecular weight is 196 g/mol. The van der Waals surface area contributed by atoms with Crippen LogP contribution in [0.5, 0.6) is 5.75 Å². The van der Waals surface area contributed by atoms with Crippen LogP contribution in [0.3, 0.4) is 0 Å². The molecule has 1 N–H and O–H groups in total. The second-order valence-electron chi connectivity index (χ2n) is 3.74. The van der Waals surface area contributed by atoms with Gasteiger partial charge in [0, 0.05) is 10.3 Å². The minimum atomic E-state index is -0.0178. The number of thioether (sulfide) groups is 1. The smallest absolute Gasteiger partial charge is 0.120 e. The molecule has 0 aromatic heterocycles. The molecule has 0 saturated heterocycles. The van der Waals surface area contributed by atoms with Gasteiger partial charge in [-0.15, -0.1) is 0 Å². The van der Waals surface area contributed by atoms with E-state index in [0.717, 1.165) is 5.56 Å². The lowest BCUT2D eigenvalue weighted by Crippen LogP contribution is -2.11. The summed E-state index contributed by atoms with van der Waals surface area (Å²) in [5, 5.41) is 9.69. The zero-order chi connectivity index (χ0) is 10.1. The number of aryl methyl sites for hydroxylation is 1. The maximum atomic E-state index is 9.69. The van der Waals surface area contributed by atoms with Crippen LogP contribution in [-0.2, 0) is 4.75 Å². The molecule has 0 heterocycles. The predicted octanol–water partition coefficient (Wildman–Crippen LogP) is 3.30. The number of benzene rings is 1. The number of hydrogen-bond donors (Lipinski definition) is 1. The van der Waals surface area contributed by atoms with Crippen molar-refractivity contribution in [2.24, 2.45) is 0 Å². The molecule has 0 spiro atoms. The highest BCUT2D eigenvalue weighted by Gasteiger charge is 2.22. The van der Waals surface area contributed by atoms with Crippen LogP contribution < -0.4 is 0 Å². The van der Waals surface area contributed by atoms with Gasteiger partial charge in [-0.25, -0.2) is 0 Å². The quantitative estimate of drug-likeness (QED) is 0.783. The minimum Gasteiger partial charge on any atom is -0.508 e. The minimum absolute atomic E-state index is 0.0178. The van der Waals surface area contributed by atoms with Gasteiger partial charge in [0.15, 0.2) is 0 Å². The Morgan fingerprint density at radius 3 is 2.46 bits per heavy atom. The first kappa shape index (κ1) is 10.5. The fourth-order valence-corrected chi connectivity index (χ4v) is 1.63. The Labute approximate surface area is 84.2 Å². The fraction of sp³-hybridized carbons (Fsp3) is 0.455. The monoisotopic (exact) mass is 196 g/mol. The first-order chi connectivity index (χ1) is 5.97. The lowest BCUT2D eigenvalue weighted by molar-refractivity contribution is 0.461. The normalized spacial score (nSPS) is 11.7. The first-order valence-electron chi connectivity index (χ1n) is 4.32. The summed E-state index contributed by atoms with van der Waals surface area (Å²) >= 11 is 1.74. The lowest BCUT2D eigenvalue weighted by Gasteiger charge is -2.23. The number of aromatic hydroxyl groups is 1. The van der Waals surface area contributed by atoms with E-state index < -0.39 is 0 Å². The zero-order valence-electron chi connectivity index (χ0n) is 8.59. The Hall–Kier alpha value is -0.630. The van der Waals surface area contributed by atoms with Gasteiger partial charge in [-0.05, 0) is 33.1 Å². The fourth-order valence-electron chi connectivity index (χ4n) is 1.24. The Balaban J connectivity index is 3.20. The molecule has 0 amide bonds. The standard InChI is InChI=1S/C11H16OS/c1-8-5-6-10(12)9(7-8)11(2,3)13-4/h5-7,12H,1-4H3. The van der Waals surface area contributed by atoms with Crippen LogP contribution >= 0.6 is 11.8 Å². The molecule has 0 radical (unpaired) electrons. The highest BCUT2D eigenvalue weighted by Crippen LogP contribution is 2.38. The molecule has 0 saturated carbocycles. The van der Waals surface area contributed by atoms with E-state index in [1.807, 2.05) is 19.1 Å². The van der Waals surface area contributed by atoms with Crippen LogP contribution in [0.15, 0.2) is 18.2 Å². The van der Waals surface area contributed by atoms with E-state index in [-0.39, 0.29) is 4.75 Å². The summed E-state index contributed by atoms with van der Waals surface area (Å²) in [6.07, 6.45) is 2.06. The number of rotatable bonds is 2. The molecule has 1 rings (SSSR count). The van der Waals surface area contributed by atoms with E-state index in [0.29, 0.717) is 5.75 Å². The summed E-state index contributed by atoms with van der Waals surface area (Å²) < 4.78 is -0.0178. The van der Waals surface area contributed by atoms with E-state index >= 15 is 0 Å². The van der Waals surface area contributed by atoms with Crippen LogP contribution in [0.25, 0.3) is 0 Å². The van der Waals surface area contributed by atoms with Gasteiger partial charge >= 0.3 is 0 Å². The van der Waals surface area contributed by atoms with E-state index in [1.54, 1.807) is 17.8 Å². The maximum absolute atomic E-state index is 9.69. The summed E-state index contributed by atoms with van der Waals surface area (Å²) in [6, 6.07) is 5.74. The third-order valence-corrected chi connectivity index (χ3v) is 3.55. The zero-order valence-corrected chi connectivity index (χ0v) is 9.40. The van der Waals surface area contributed by atoms with Crippen molar-refractivity contribution in [3.63, 3.8) is 0 Å². The summed E-state index contributed by atoms with van der Waals surface area (Å²) in [5.74, 6) is 0.393. The number of phenols is 1. The highest BCUT2D eigenvalue weighted by molar-refractivity contribution is 7.99. The SMILES string of the molecule is CSC(C)(C)c1cc(C)ccc1O. The molecule has 0 atom stereocenters. The van der Waals surface area contributed by atoms with E-state index in [9.17, 15) is 5.11 Å². The second kappa shape index (κ2) is 3.62. The molecule has 1 aromatic rings. The summed E-state index contributed by atoms with van der Waals surface area (Å²) in [7, 11) is 0. The third-order valence-electron chi connectivity index (χ3n) is 2.31. The van der Waals surface area contributed by atoms with Gasteiger partial charge in [0.25, 0.3) is 0 Å². The first-order valence-corrected chi connectivity index (χ1v) is 5.55. The molecule has 72 valence electrons. The van der Waals surface area contributed by atoms with Crippen LogP contribution in [-0.4, -0.2) is 11.4 Å². The third kappa shape index (κ3) is 2.19. The average Bonchev–Trinajstić information content (AvgIpc) is 2.09. The van der Waals surface area contributed by atoms with Crippen molar-refractivity contribution in [3.8, 4) is 5.75 Å². The van der Waals surface area contributed by atoms with Gasteiger partial charge in [-0.1, -0.05) is 17.7 Å². The topological polar surface area (TPSA) is 20.2 Å². The summed E-state index contributed by atoms with van der Waals surface area (Å²) in [6.45, 7) is 6.28. The van der Waals surface area contributed by atoms with Gasteiger partial charge in [0.05, 0.1) is 0 Å². The molecule has 13 heavy (non-hydrogen) atoms. The molecule has 1 aromatic carbocycles. The summed E-state index contributed by atoms with van der Waals surface area (Å²) in [4.78, 5) is 0. The Bertz CT molecular complexity index is 305. The maximum Gasteiger partial charge on any atom is 0.120 e. The van der Waals surface area contributed by atoms with Crippen LogP contribution in [0.1, 0.15) is 25.0 Å². The molecule has 0 aliphatic carbocycles. The summed E-state index contributed by atoms with van der Waals surface area (Å²) in [5.41, 5.74) is 2.20. The van der Waals surface area contributed by atoms with E-state index in [1.165, 1.54) is 5.56 Å². The molecule has 2 heteroatoms. The van der Waals surface area contributed by atoms with Crippen molar-refractivity contribution in [1.82, 2.24) is 0 Å². The second-order valence-corrected chi connectivity index (χ2v) is 5.16. The van der Waals surface area contributed by atoms with Gasteiger partial charge in [0.2, 0.25) is 0 Å². The molecule has 1 nitrogen and oxygen atoms in total. The van der Waals surface area contributed by atoms with Crippen molar-refractivity contribution in [1.29, 1.82) is 0 Å². The lowest BCUT2D eigenvalue weighted by atomic mass is 9.99. The molecule has 0 aliphatic heterocycles. The number of hydrogen-bond acceptors (Lipinski definition) is 2. The Morgan fingerprint density at radius 2 is 1.92 bits per heavy atom. The van der Waals surface area contributed by atoms with Gasteiger partial charge in [-0.3, -0.25) is 0 Å². The largest absolute Gasteiger partial charge is 0.508 e.